The first kappa shape index (κ1) is 16.5. The average Bonchev–Trinajstić information content (AvgIpc) is 3.16. The maximum Gasteiger partial charge on any atom is 0.137 e. The van der Waals surface area contributed by atoms with Crippen molar-refractivity contribution in [2.24, 2.45) is 0 Å². The highest BCUT2D eigenvalue weighted by molar-refractivity contribution is 6.30. The minimum absolute atomic E-state index is 0.0732. The number of halogens is 1. The molecule has 2 heterocycles. The van der Waals surface area contributed by atoms with Crippen LogP contribution in [0.5, 0.6) is 0 Å². The Hall–Kier alpha value is -1.39. The van der Waals surface area contributed by atoms with Crippen molar-refractivity contribution in [1.82, 2.24) is 14.8 Å². The summed E-state index contributed by atoms with van der Waals surface area (Å²) in [5, 5.41) is 5.02. The third-order valence-corrected chi connectivity index (χ3v) is 5.06. The second-order valence-electron chi connectivity index (χ2n) is 6.75. The molecule has 5 heteroatoms. The molecule has 3 rings (SSSR count). The van der Waals surface area contributed by atoms with Crippen molar-refractivity contribution >= 4 is 11.6 Å². The van der Waals surface area contributed by atoms with Crippen LogP contribution in [0.25, 0.3) is 0 Å². The molecule has 1 aromatic carbocycles. The number of aromatic nitrogens is 3. The number of unbranched alkanes of at least 4 members (excludes halogenated alkanes) is 1. The predicted molar refractivity (Wildman–Crippen MR) is 91.4 cm³/mol. The normalized spacial score (nSPS) is 27.4. The van der Waals surface area contributed by atoms with Gasteiger partial charge in [-0.3, -0.25) is 0 Å². The minimum Gasteiger partial charge on any atom is -0.362 e. The van der Waals surface area contributed by atoms with E-state index in [1.54, 1.807) is 12.7 Å². The Kier molecular flexibility index (Phi) is 4.74. The molecule has 1 aliphatic heterocycles. The largest absolute Gasteiger partial charge is 0.362 e. The van der Waals surface area contributed by atoms with E-state index in [4.69, 9.17) is 16.3 Å². The van der Waals surface area contributed by atoms with Crippen molar-refractivity contribution in [3.63, 3.8) is 0 Å². The molecule has 0 amide bonds. The van der Waals surface area contributed by atoms with Crippen LogP contribution in [-0.4, -0.2) is 20.4 Å². The van der Waals surface area contributed by atoms with Crippen molar-refractivity contribution in [2.45, 2.75) is 63.7 Å². The molecule has 1 aliphatic rings. The molecule has 1 saturated heterocycles. The second kappa shape index (κ2) is 6.62. The molecule has 2 aromatic rings. The maximum atomic E-state index is 6.71. The molecule has 0 radical (unpaired) electrons. The molecule has 0 saturated carbocycles. The van der Waals surface area contributed by atoms with E-state index in [-0.39, 0.29) is 11.2 Å². The van der Waals surface area contributed by atoms with Crippen LogP contribution in [0, 0.1) is 0 Å². The van der Waals surface area contributed by atoms with Crippen LogP contribution in [0.15, 0.2) is 36.9 Å². The summed E-state index contributed by atoms with van der Waals surface area (Å²) in [5.74, 6) is 0. The molecule has 0 aliphatic carbocycles. The topological polar surface area (TPSA) is 39.9 Å². The maximum absolute atomic E-state index is 6.71. The van der Waals surface area contributed by atoms with Crippen LogP contribution in [0.3, 0.4) is 0 Å². The highest BCUT2D eigenvalue weighted by atomic mass is 35.5. The van der Waals surface area contributed by atoms with E-state index in [9.17, 15) is 0 Å². The van der Waals surface area contributed by atoms with Gasteiger partial charge in [-0.25, -0.2) is 9.67 Å². The molecule has 0 N–H and O–H groups in total. The molecular formula is C18H24ClN3O. The van der Waals surface area contributed by atoms with Gasteiger partial charge in [-0.2, -0.15) is 5.10 Å². The molecule has 1 aromatic heterocycles. The molecule has 1 fully saturated rings. The quantitative estimate of drug-likeness (QED) is 0.776. The van der Waals surface area contributed by atoms with Gasteiger partial charge in [-0.15, -0.1) is 0 Å². The van der Waals surface area contributed by atoms with E-state index >= 15 is 0 Å². The number of rotatable bonds is 6. The van der Waals surface area contributed by atoms with Crippen LogP contribution in [0.2, 0.25) is 5.02 Å². The van der Waals surface area contributed by atoms with E-state index in [1.165, 1.54) is 12.8 Å². The smallest absolute Gasteiger partial charge is 0.137 e. The third-order valence-electron chi connectivity index (χ3n) is 4.81. The fourth-order valence-electron chi connectivity index (χ4n) is 3.50. The van der Waals surface area contributed by atoms with E-state index < -0.39 is 0 Å². The van der Waals surface area contributed by atoms with Gasteiger partial charge in [0.15, 0.2) is 0 Å². The van der Waals surface area contributed by atoms with Gasteiger partial charge in [0.2, 0.25) is 0 Å². The van der Waals surface area contributed by atoms with Crippen molar-refractivity contribution in [2.75, 3.05) is 0 Å². The van der Waals surface area contributed by atoms with E-state index in [2.05, 4.69) is 36.1 Å². The summed E-state index contributed by atoms with van der Waals surface area (Å²) in [5.41, 5.74) is 0.731. The summed E-state index contributed by atoms with van der Waals surface area (Å²) in [4.78, 5) is 4.06. The first-order chi connectivity index (χ1) is 11.1. The minimum atomic E-state index is -0.360. The van der Waals surface area contributed by atoms with Gasteiger partial charge in [0.1, 0.15) is 18.3 Å². The van der Waals surface area contributed by atoms with Crippen molar-refractivity contribution in [1.29, 1.82) is 0 Å². The number of ether oxygens (including phenoxy) is 1. The van der Waals surface area contributed by atoms with Gasteiger partial charge in [0, 0.05) is 5.02 Å². The summed E-state index contributed by atoms with van der Waals surface area (Å²) >= 11 is 6.06. The summed E-state index contributed by atoms with van der Waals surface area (Å²) < 4.78 is 8.57. The van der Waals surface area contributed by atoms with E-state index in [0.29, 0.717) is 6.54 Å². The summed E-state index contributed by atoms with van der Waals surface area (Å²) in [7, 11) is 0. The third kappa shape index (κ3) is 3.59. The second-order valence-corrected chi connectivity index (χ2v) is 7.19. The van der Waals surface area contributed by atoms with Gasteiger partial charge in [0.05, 0.1) is 12.1 Å². The lowest BCUT2D eigenvalue weighted by Gasteiger charge is -2.34. The van der Waals surface area contributed by atoms with Crippen LogP contribution in [0.1, 0.15) is 51.5 Å². The molecule has 23 heavy (non-hydrogen) atoms. The van der Waals surface area contributed by atoms with Crippen LogP contribution in [0.4, 0.5) is 0 Å². The molecule has 2 unspecified atom stereocenters. The molecule has 2 atom stereocenters. The van der Waals surface area contributed by atoms with Crippen LogP contribution < -0.4 is 0 Å². The fourth-order valence-corrected chi connectivity index (χ4v) is 3.63. The van der Waals surface area contributed by atoms with Gasteiger partial charge < -0.3 is 4.74 Å². The van der Waals surface area contributed by atoms with Crippen LogP contribution >= 0.6 is 11.6 Å². The molecule has 0 spiro atoms. The fraction of sp³-hybridized carbons (Fsp3) is 0.556. The Morgan fingerprint density at radius 1 is 1.26 bits per heavy atom. The summed E-state index contributed by atoms with van der Waals surface area (Å²) in [6.07, 6.45) is 8.84. The first-order valence-corrected chi connectivity index (χ1v) is 8.72. The standard InChI is InChI=1S/C18H24ClN3O/c1-3-4-9-17(2)10-11-18(23-17,12-22-14-20-13-21-22)15-5-7-16(19)8-6-15/h5-8,13-14H,3-4,9-12H2,1-2H3. The lowest BCUT2D eigenvalue weighted by Crippen LogP contribution is -2.35. The summed E-state index contributed by atoms with van der Waals surface area (Å²) in [6, 6.07) is 8.02. The average molecular weight is 334 g/mol. The first-order valence-electron chi connectivity index (χ1n) is 8.34. The van der Waals surface area contributed by atoms with Crippen LogP contribution in [-0.2, 0) is 16.9 Å². The molecule has 124 valence electrons. The molecule has 4 nitrogen and oxygen atoms in total. The lowest BCUT2D eigenvalue weighted by atomic mass is 9.89. The number of hydrogen-bond donors (Lipinski definition) is 0. The van der Waals surface area contributed by atoms with Gasteiger partial charge in [0.25, 0.3) is 0 Å². The monoisotopic (exact) mass is 333 g/mol. The van der Waals surface area contributed by atoms with Crippen molar-refractivity contribution in [3.8, 4) is 0 Å². The zero-order valence-corrected chi connectivity index (χ0v) is 14.6. The Morgan fingerprint density at radius 2 is 2.04 bits per heavy atom. The molecule has 0 bridgehead atoms. The number of nitrogens with zero attached hydrogens (tertiary/aromatic N) is 3. The van der Waals surface area contributed by atoms with E-state index in [0.717, 1.165) is 29.8 Å². The van der Waals surface area contributed by atoms with Gasteiger partial charge in [-0.1, -0.05) is 43.5 Å². The molecular weight excluding hydrogens is 310 g/mol. The highest BCUT2D eigenvalue weighted by Gasteiger charge is 2.47. The zero-order valence-electron chi connectivity index (χ0n) is 13.8. The Morgan fingerprint density at radius 3 is 2.70 bits per heavy atom. The van der Waals surface area contributed by atoms with Gasteiger partial charge >= 0.3 is 0 Å². The zero-order chi connectivity index (χ0) is 16.3. The predicted octanol–water partition coefficient (Wildman–Crippen LogP) is 4.59. The lowest BCUT2D eigenvalue weighted by molar-refractivity contribution is -0.113. The highest BCUT2D eigenvalue weighted by Crippen LogP contribution is 2.47. The Labute approximate surface area is 142 Å². The van der Waals surface area contributed by atoms with Gasteiger partial charge in [-0.05, 0) is 43.9 Å². The van der Waals surface area contributed by atoms with Crippen molar-refractivity contribution < 1.29 is 4.74 Å². The Bertz CT molecular complexity index is 628. The number of benzene rings is 1. The Balaban J connectivity index is 1.90. The number of hydrogen-bond acceptors (Lipinski definition) is 3. The van der Waals surface area contributed by atoms with Crippen molar-refractivity contribution in [3.05, 3.63) is 47.5 Å². The summed E-state index contributed by atoms with van der Waals surface area (Å²) in [6.45, 7) is 5.14. The SMILES string of the molecule is CCCCC1(C)CCC(Cn2cncn2)(c2ccc(Cl)cc2)O1. The van der Waals surface area contributed by atoms with E-state index in [1.807, 2.05) is 16.8 Å².